The molecule has 98 valence electrons. The predicted molar refractivity (Wildman–Crippen MR) is 72.8 cm³/mol. The highest BCUT2D eigenvalue weighted by Gasteiger charge is 2.39. The number of aliphatic hydroxyl groups excluding tert-OH is 1. The van der Waals surface area contributed by atoms with Gasteiger partial charge in [-0.1, -0.05) is 25.7 Å². The van der Waals surface area contributed by atoms with Crippen molar-refractivity contribution in [3.8, 4) is 11.8 Å². The molecule has 0 bridgehead atoms. The molecule has 1 N–H and O–H groups in total. The van der Waals surface area contributed by atoms with E-state index >= 15 is 0 Å². The number of nitrogens with zero attached hydrogens (tertiary/aromatic N) is 1. The molecular weight excluding hydrogens is 210 g/mol. The van der Waals surface area contributed by atoms with E-state index in [2.05, 4.69) is 30.8 Å². The summed E-state index contributed by atoms with van der Waals surface area (Å²) in [6.07, 6.45) is 8.75. The number of aliphatic hydroxyl groups is 1. The quantitative estimate of drug-likeness (QED) is 0.600. The van der Waals surface area contributed by atoms with Gasteiger partial charge in [-0.15, -0.1) is 11.8 Å². The van der Waals surface area contributed by atoms with Gasteiger partial charge in [0.05, 0.1) is 6.10 Å². The third-order valence-corrected chi connectivity index (χ3v) is 4.20. The lowest BCUT2D eigenvalue weighted by atomic mass is 9.81. The molecule has 0 aromatic rings. The summed E-state index contributed by atoms with van der Waals surface area (Å²) in [6, 6.07) is 0. The van der Waals surface area contributed by atoms with E-state index in [0.29, 0.717) is 0 Å². The van der Waals surface area contributed by atoms with Crippen LogP contribution in [0.15, 0.2) is 0 Å². The van der Waals surface area contributed by atoms with Crippen molar-refractivity contribution in [2.45, 2.75) is 69.9 Å². The molecule has 1 atom stereocenters. The Labute approximate surface area is 106 Å². The Kier molecular flexibility index (Phi) is 6.02. The summed E-state index contributed by atoms with van der Waals surface area (Å²) in [7, 11) is 4.22. The van der Waals surface area contributed by atoms with E-state index in [0.717, 1.165) is 25.7 Å². The standard InChI is InChI=1S/C15H27NO/c1-4-5-8-11-14(17)15(16(2)3)12-9-6-7-10-13-15/h14,17H,6-13H2,1-3H3. The summed E-state index contributed by atoms with van der Waals surface area (Å²) in [5.41, 5.74) is -0.00801. The van der Waals surface area contributed by atoms with Gasteiger partial charge in [0.25, 0.3) is 0 Å². The molecule has 0 aliphatic heterocycles. The molecule has 1 aliphatic carbocycles. The summed E-state index contributed by atoms with van der Waals surface area (Å²) in [5.74, 6) is 5.97. The monoisotopic (exact) mass is 237 g/mol. The molecule has 0 aromatic heterocycles. The molecule has 0 saturated heterocycles. The average Bonchev–Trinajstić information content (AvgIpc) is 2.55. The van der Waals surface area contributed by atoms with E-state index in [9.17, 15) is 5.11 Å². The number of hydrogen-bond donors (Lipinski definition) is 1. The first kappa shape index (κ1) is 14.5. The average molecular weight is 237 g/mol. The normalized spacial score (nSPS) is 21.5. The molecule has 2 heteroatoms. The fourth-order valence-corrected chi connectivity index (χ4v) is 3.02. The van der Waals surface area contributed by atoms with Gasteiger partial charge in [0.15, 0.2) is 0 Å². The van der Waals surface area contributed by atoms with E-state index in [1.165, 1.54) is 25.7 Å². The van der Waals surface area contributed by atoms with Crippen molar-refractivity contribution in [3.05, 3.63) is 0 Å². The zero-order valence-corrected chi connectivity index (χ0v) is 11.6. The Morgan fingerprint density at radius 1 is 1.18 bits per heavy atom. The minimum absolute atomic E-state index is 0.00801. The van der Waals surface area contributed by atoms with Crippen LogP contribution in [0.3, 0.4) is 0 Å². The van der Waals surface area contributed by atoms with Gasteiger partial charge in [0.2, 0.25) is 0 Å². The lowest BCUT2D eigenvalue weighted by Gasteiger charge is -2.43. The molecule has 0 amide bonds. The van der Waals surface area contributed by atoms with Gasteiger partial charge >= 0.3 is 0 Å². The largest absolute Gasteiger partial charge is 0.391 e. The van der Waals surface area contributed by atoms with Gasteiger partial charge < -0.3 is 10.0 Å². The Hall–Kier alpha value is -0.520. The van der Waals surface area contributed by atoms with Crippen LogP contribution in [0, 0.1) is 11.8 Å². The highest BCUT2D eigenvalue weighted by atomic mass is 16.3. The maximum Gasteiger partial charge on any atom is 0.0732 e. The third kappa shape index (κ3) is 3.72. The summed E-state index contributed by atoms with van der Waals surface area (Å²) in [6.45, 7) is 1.86. The Morgan fingerprint density at radius 3 is 2.24 bits per heavy atom. The van der Waals surface area contributed by atoms with Crippen molar-refractivity contribution < 1.29 is 5.11 Å². The zero-order chi connectivity index (χ0) is 12.7. The number of likely N-dealkylation sites (N-methyl/N-ethyl adjacent to an activating group) is 1. The van der Waals surface area contributed by atoms with E-state index in [-0.39, 0.29) is 11.6 Å². The summed E-state index contributed by atoms with van der Waals surface area (Å²) < 4.78 is 0. The Balaban J connectivity index is 2.69. The van der Waals surface area contributed by atoms with Crippen LogP contribution < -0.4 is 0 Å². The van der Waals surface area contributed by atoms with Gasteiger partial charge in [-0.25, -0.2) is 0 Å². The van der Waals surface area contributed by atoms with Crippen LogP contribution in [0.2, 0.25) is 0 Å². The van der Waals surface area contributed by atoms with Crippen molar-refractivity contribution in [1.29, 1.82) is 0 Å². The van der Waals surface area contributed by atoms with E-state index < -0.39 is 0 Å². The highest BCUT2D eigenvalue weighted by molar-refractivity contribution is 5.00. The molecule has 1 rings (SSSR count). The van der Waals surface area contributed by atoms with Gasteiger partial charge in [-0.3, -0.25) is 0 Å². The van der Waals surface area contributed by atoms with Crippen molar-refractivity contribution in [3.63, 3.8) is 0 Å². The van der Waals surface area contributed by atoms with E-state index in [1.54, 1.807) is 0 Å². The molecule has 1 saturated carbocycles. The maximum atomic E-state index is 10.5. The first-order valence-electron chi connectivity index (χ1n) is 6.88. The fraction of sp³-hybridized carbons (Fsp3) is 0.867. The van der Waals surface area contributed by atoms with Crippen LogP contribution in [-0.2, 0) is 0 Å². The summed E-state index contributed by atoms with van der Waals surface area (Å²) in [4.78, 5) is 2.25. The van der Waals surface area contributed by atoms with Gasteiger partial charge in [-0.2, -0.15) is 0 Å². The van der Waals surface area contributed by atoms with Gasteiger partial charge in [-0.05, 0) is 40.3 Å². The minimum Gasteiger partial charge on any atom is -0.391 e. The summed E-state index contributed by atoms with van der Waals surface area (Å²) in [5, 5.41) is 10.5. The van der Waals surface area contributed by atoms with Crippen LogP contribution in [0.25, 0.3) is 0 Å². The lowest BCUT2D eigenvalue weighted by molar-refractivity contribution is -0.0214. The van der Waals surface area contributed by atoms with Crippen molar-refractivity contribution in [1.82, 2.24) is 4.90 Å². The lowest BCUT2D eigenvalue weighted by Crippen LogP contribution is -2.53. The number of hydrogen-bond acceptors (Lipinski definition) is 2. The van der Waals surface area contributed by atoms with Gasteiger partial charge in [0, 0.05) is 12.0 Å². The molecule has 0 heterocycles. The Morgan fingerprint density at radius 2 is 1.76 bits per heavy atom. The van der Waals surface area contributed by atoms with E-state index in [4.69, 9.17) is 0 Å². The predicted octanol–water partition coefficient (Wildman–Crippen LogP) is 2.81. The number of rotatable bonds is 4. The van der Waals surface area contributed by atoms with Crippen molar-refractivity contribution in [2.75, 3.05) is 14.1 Å². The van der Waals surface area contributed by atoms with Crippen molar-refractivity contribution in [2.24, 2.45) is 0 Å². The first-order valence-corrected chi connectivity index (χ1v) is 6.88. The minimum atomic E-state index is -0.239. The summed E-state index contributed by atoms with van der Waals surface area (Å²) >= 11 is 0. The fourth-order valence-electron chi connectivity index (χ4n) is 3.02. The molecule has 1 aliphatic rings. The van der Waals surface area contributed by atoms with E-state index in [1.807, 2.05) is 6.92 Å². The van der Waals surface area contributed by atoms with Crippen LogP contribution in [-0.4, -0.2) is 35.7 Å². The second-order valence-corrected chi connectivity index (χ2v) is 5.39. The third-order valence-electron chi connectivity index (χ3n) is 4.20. The van der Waals surface area contributed by atoms with Crippen LogP contribution in [0.4, 0.5) is 0 Å². The second kappa shape index (κ2) is 7.03. The molecule has 0 radical (unpaired) electrons. The molecular formula is C15H27NO. The second-order valence-electron chi connectivity index (χ2n) is 5.39. The molecule has 2 nitrogen and oxygen atoms in total. The molecule has 0 aromatic carbocycles. The SMILES string of the molecule is CC#CCCC(O)C1(N(C)C)CCCCCC1. The van der Waals surface area contributed by atoms with Crippen LogP contribution in [0.1, 0.15) is 58.3 Å². The van der Waals surface area contributed by atoms with Crippen molar-refractivity contribution >= 4 is 0 Å². The molecule has 1 fully saturated rings. The molecule has 1 unspecified atom stereocenters. The maximum absolute atomic E-state index is 10.5. The van der Waals surface area contributed by atoms with Gasteiger partial charge in [0.1, 0.15) is 0 Å². The highest BCUT2D eigenvalue weighted by Crippen LogP contribution is 2.35. The van der Waals surface area contributed by atoms with Crippen LogP contribution >= 0.6 is 0 Å². The zero-order valence-electron chi connectivity index (χ0n) is 11.6. The van der Waals surface area contributed by atoms with Crippen LogP contribution in [0.5, 0.6) is 0 Å². The smallest absolute Gasteiger partial charge is 0.0732 e. The molecule has 17 heavy (non-hydrogen) atoms. The topological polar surface area (TPSA) is 23.5 Å². The first-order chi connectivity index (χ1) is 8.13. The molecule has 0 spiro atoms. The Bertz CT molecular complexity index is 266.